The van der Waals surface area contributed by atoms with Crippen molar-refractivity contribution in [2.75, 3.05) is 54.5 Å². The molecule has 0 radical (unpaired) electrons. The maximum Gasteiger partial charge on any atom is 0.277 e. The van der Waals surface area contributed by atoms with Crippen LogP contribution in [-0.4, -0.2) is 76.4 Å². The van der Waals surface area contributed by atoms with Crippen molar-refractivity contribution in [2.45, 2.75) is 25.9 Å². The lowest BCUT2D eigenvalue weighted by atomic mass is 10.1. The van der Waals surface area contributed by atoms with E-state index in [1.54, 1.807) is 12.3 Å². The molecule has 2 aliphatic heterocycles. The van der Waals surface area contributed by atoms with E-state index in [0.29, 0.717) is 42.8 Å². The minimum Gasteiger partial charge on any atom is -0.444 e. The summed E-state index contributed by atoms with van der Waals surface area (Å²) < 4.78 is 11.9. The molecule has 1 amide bonds. The van der Waals surface area contributed by atoms with E-state index < -0.39 is 12.0 Å². The number of carbonyl (C=O) groups is 1. The predicted octanol–water partition coefficient (Wildman–Crippen LogP) is 3.10. The number of ether oxygens (including phenoxy) is 1. The van der Waals surface area contributed by atoms with Crippen LogP contribution >= 0.6 is 11.3 Å². The number of β-amino-alcohol motifs (C(OH)–C–C–N with tert-alkyl or cyclic N) is 1. The van der Waals surface area contributed by atoms with E-state index >= 15 is 0 Å². The first-order chi connectivity index (χ1) is 18.0. The van der Waals surface area contributed by atoms with Crippen LogP contribution in [0.1, 0.15) is 29.0 Å². The molecule has 2 aliphatic rings. The van der Waals surface area contributed by atoms with E-state index in [1.165, 1.54) is 17.6 Å². The summed E-state index contributed by atoms with van der Waals surface area (Å²) in [5, 5.41) is 14.2. The van der Waals surface area contributed by atoms with Crippen LogP contribution in [0.15, 0.2) is 35.1 Å². The maximum atomic E-state index is 13.2. The van der Waals surface area contributed by atoms with Crippen LogP contribution < -0.4 is 15.1 Å². The number of anilines is 3. The Bertz CT molecular complexity index is 1430. The van der Waals surface area contributed by atoms with E-state index in [-0.39, 0.29) is 5.69 Å². The molecule has 192 valence electrons. The van der Waals surface area contributed by atoms with Gasteiger partial charge in [0, 0.05) is 43.6 Å². The molecule has 37 heavy (non-hydrogen) atoms. The van der Waals surface area contributed by atoms with Gasteiger partial charge in [0.05, 0.1) is 29.7 Å². The Kier molecular flexibility index (Phi) is 6.45. The average molecular weight is 522 g/mol. The molecule has 0 aliphatic carbocycles. The summed E-state index contributed by atoms with van der Waals surface area (Å²) in [6.07, 6.45) is 4.15. The van der Waals surface area contributed by atoms with Crippen LogP contribution in [0.25, 0.3) is 21.8 Å². The quantitative estimate of drug-likeness (QED) is 0.404. The first kappa shape index (κ1) is 23.8. The number of pyridine rings is 2. The molecule has 6 heterocycles. The van der Waals surface area contributed by atoms with Gasteiger partial charge in [-0.1, -0.05) is 11.3 Å². The number of hydrogen-bond acceptors (Lipinski definition) is 11. The molecule has 1 atom stereocenters. The van der Waals surface area contributed by atoms with Crippen molar-refractivity contribution in [3.05, 3.63) is 42.0 Å². The fourth-order valence-corrected chi connectivity index (χ4v) is 5.59. The standard InChI is InChI=1S/C25H27N7O4S/c1-15-11-16(4-5-26-15)24-28-19(14-36-24)23(34)27-18-12-20-21(29-22(18)32-6-2-3-17(33)13-32)30-25(37-20)31-7-9-35-10-8-31/h4-5,11-12,14,17,33H,2-3,6-10,13H2,1H3,(H,27,34)/t17-/m1/s1. The molecule has 6 rings (SSSR count). The normalized spacial score (nSPS) is 18.4. The summed E-state index contributed by atoms with van der Waals surface area (Å²) in [5.41, 5.74) is 2.91. The van der Waals surface area contributed by atoms with Crippen LogP contribution in [0.5, 0.6) is 0 Å². The Hall–Kier alpha value is -3.61. The van der Waals surface area contributed by atoms with Gasteiger partial charge in [-0.15, -0.1) is 0 Å². The number of fused-ring (bicyclic) bond motifs is 1. The van der Waals surface area contributed by atoms with E-state index in [0.717, 1.165) is 53.6 Å². The number of hydrogen-bond donors (Lipinski definition) is 2. The molecule has 0 saturated carbocycles. The summed E-state index contributed by atoms with van der Waals surface area (Å²) >= 11 is 1.54. The van der Waals surface area contributed by atoms with Crippen LogP contribution in [0.4, 0.5) is 16.6 Å². The second-order valence-electron chi connectivity index (χ2n) is 9.20. The zero-order chi connectivity index (χ0) is 25.4. The average Bonchev–Trinajstić information content (AvgIpc) is 3.56. The SMILES string of the molecule is Cc1cc(-c2nc(C(=O)Nc3cc4sc(N5CCOCC5)nc4nc3N3CCC[C@@H](O)C3)co2)ccn1. The summed E-state index contributed by atoms with van der Waals surface area (Å²) in [5.74, 6) is 0.534. The highest BCUT2D eigenvalue weighted by Crippen LogP contribution is 2.36. The van der Waals surface area contributed by atoms with Gasteiger partial charge in [0.1, 0.15) is 6.26 Å². The number of oxazole rings is 1. The number of piperidine rings is 1. The second kappa shape index (κ2) is 10.0. The van der Waals surface area contributed by atoms with Crippen LogP contribution in [0.3, 0.4) is 0 Å². The number of aryl methyl sites for hydroxylation is 1. The van der Waals surface area contributed by atoms with E-state index in [2.05, 4.69) is 20.2 Å². The Labute approximate surface area is 217 Å². The number of aromatic nitrogens is 4. The number of nitrogens with one attached hydrogen (secondary N) is 1. The number of nitrogens with zero attached hydrogens (tertiary/aromatic N) is 6. The van der Waals surface area contributed by atoms with Gasteiger partial charge < -0.3 is 29.4 Å². The molecule has 2 saturated heterocycles. The van der Waals surface area contributed by atoms with Gasteiger partial charge in [-0.2, -0.15) is 4.98 Å². The zero-order valence-corrected chi connectivity index (χ0v) is 21.2. The summed E-state index contributed by atoms with van der Waals surface area (Å²) in [4.78, 5) is 35.6. The highest BCUT2D eigenvalue weighted by Gasteiger charge is 2.25. The lowest BCUT2D eigenvalue weighted by Crippen LogP contribution is -2.39. The Balaban J connectivity index is 1.32. The minimum absolute atomic E-state index is 0.160. The zero-order valence-electron chi connectivity index (χ0n) is 20.4. The van der Waals surface area contributed by atoms with E-state index in [4.69, 9.17) is 19.1 Å². The van der Waals surface area contributed by atoms with E-state index in [1.807, 2.05) is 24.0 Å². The van der Waals surface area contributed by atoms with Gasteiger partial charge in [0.25, 0.3) is 5.91 Å². The summed E-state index contributed by atoms with van der Waals surface area (Å²) in [7, 11) is 0. The van der Waals surface area contributed by atoms with Crippen molar-refractivity contribution in [1.29, 1.82) is 0 Å². The smallest absolute Gasteiger partial charge is 0.277 e. The summed E-state index contributed by atoms with van der Waals surface area (Å²) in [6, 6.07) is 5.54. The largest absolute Gasteiger partial charge is 0.444 e. The number of morpholine rings is 1. The summed E-state index contributed by atoms with van der Waals surface area (Å²) in [6.45, 7) is 5.94. The fourth-order valence-electron chi connectivity index (χ4n) is 4.59. The minimum atomic E-state index is -0.448. The number of rotatable bonds is 5. The van der Waals surface area contributed by atoms with Gasteiger partial charge in [-0.05, 0) is 38.0 Å². The Morgan fingerprint density at radius 2 is 2.03 bits per heavy atom. The second-order valence-corrected chi connectivity index (χ2v) is 10.2. The van der Waals surface area contributed by atoms with Crippen molar-refractivity contribution < 1.29 is 19.1 Å². The van der Waals surface area contributed by atoms with Crippen molar-refractivity contribution in [1.82, 2.24) is 19.9 Å². The molecule has 4 aromatic rings. The van der Waals surface area contributed by atoms with Gasteiger partial charge in [-0.25, -0.2) is 9.97 Å². The van der Waals surface area contributed by atoms with Gasteiger partial charge in [0.15, 0.2) is 22.3 Å². The third-order valence-electron chi connectivity index (χ3n) is 6.46. The molecule has 4 aromatic heterocycles. The molecule has 12 heteroatoms. The Morgan fingerprint density at radius 1 is 1.16 bits per heavy atom. The first-order valence-corrected chi connectivity index (χ1v) is 13.1. The monoisotopic (exact) mass is 521 g/mol. The van der Waals surface area contributed by atoms with Crippen molar-refractivity contribution in [3.63, 3.8) is 0 Å². The molecule has 0 bridgehead atoms. The number of thiazole rings is 1. The van der Waals surface area contributed by atoms with Crippen LogP contribution in [-0.2, 0) is 4.74 Å². The molecule has 0 unspecified atom stereocenters. The predicted molar refractivity (Wildman–Crippen MR) is 140 cm³/mol. The third kappa shape index (κ3) is 4.99. The third-order valence-corrected chi connectivity index (χ3v) is 7.51. The van der Waals surface area contributed by atoms with Crippen molar-refractivity contribution >= 4 is 44.2 Å². The highest BCUT2D eigenvalue weighted by molar-refractivity contribution is 7.22. The number of aliphatic hydroxyl groups excluding tert-OH is 1. The topological polar surface area (TPSA) is 130 Å². The lowest BCUT2D eigenvalue weighted by molar-refractivity contribution is 0.102. The molecular weight excluding hydrogens is 494 g/mol. The maximum absolute atomic E-state index is 13.2. The van der Waals surface area contributed by atoms with Crippen LogP contribution in [0, 0.1) is 6.92 Å². The molecular formula is C25H27N7O4S. The first-order valence-electron chi connectivity index (χ1n) is 12.3. The molecule has 2 N–H and O–H groups in total. The number of carbonyl (C=O) groups excluding carboxylic acids is 1. The van der Waals surface area contributed by atoms with Gasteiger partial charge >= 0.3 is 0 Å². The van der Waals surface area contributed by atoms with Crippen molar-refractivity contribution in [2.24, 2.45) is 0 Å². The van der Waals surface area contributed by atoms with Gasteiger partial charge in [-0.3, -0.25) is 9.78 Å². The Morgan fingerprint density at radius 3 is 2.84 bits per heavy atom. The number of amides is 1. The number of aliphatic hydroxyl groups is 1. The fraction of sp³-hybridized carbons (Fsp3) is 0.400. The molecule has 11 nitrogen and oxygen atoms in total. The van der Waals surface area contributed by atoms with Crippen molar-refractivity contribution in [3.8, 4) is 11.5 Å². The van der Waals surface area contributed by atoms with Crippen LogP contribution in [0.2, 0.25) is 0 Å². The molecule has 0 spiro atoms. The molecule has 0 aromatic carbocycles. The molecule has 2 fully saturated rings. The lowest BCUT2D eigenvalue weighted by Gasteiger charge is -2.32. The van der Waals surface area contributed by atoms with E-state index in [9.17, 15) is 9.90 Å². The van der Waals surface area contributed by atoms with Gasteiger partial charge in [0.2, 0.25) is 5.89 Å². The highest BCUT2D eigenvalue weighted by atomic mass is 32.1.